The van der Waals surface area contributed by atoms with Crippen molar-refractivity contribution in [2.24, 2.45) is 11.3 Å². The summed E-state index contributed by atoms with van der Waals surface area (Å²) in [5.74, 6) is 0.322. The van der Waals surface area contributed by atoms with Crippen LogP contribution in [0.15, 0.2) is 35.5 Å². The predicted molar refractivity (Wildman–Crippen MR) is 92.2 cm³/mol. The molecule has 0 saturated heterocycles. The van der Waals surface area contributed by atoms with Crippen molar-refractivity contribution in [2.45, 2.75) is 33.6 Å². The minimum atomic E-state index is -0.0207. The maximum atomic E-state index is 12.4. The van der Waals surface area contributed by atoms with E-state index in [9.17, 15) is 4.79 Å². The second-order valence-corrected chi connectivity index (χ2v) is 7.01. The number of hydrogen-bond acceptors (Lipinski definition) is 3. The molecule has 2 aliphatic carbocycles. The molecule has 1 unspecified atom stereocenters. The van der Waals surface area contributed by atoms with Gasteiger partial charge in [-0.25, -0.2) is 0 Å². The van der Waals surface area contributed by atoms with Crippen LogP contribution in [-0.4, -0.2) is 10.9 Å². The van der Waals surface area contributed by atoms with Crippen molar-refractivity contribution < 1.29 is 4.79 Å². The molecule has 0 amide bonds. The van der Waals surface area contributed by atoms with Crippen LogP contribution in [-0.2, 0) is 4.79 Å². The van der Waals surface area contributed by atoms with Crippen molar-refractivity contribution in [3.63, 3.8) is 0 Å². The Hall–Kier alpha value is -1.88. The minimum Gasteiger partial charge on any atom is -0.331 e. The lowest BCUT2D eigenvalue weighted by atomic mass is 9.83. The van der Waals surface area contributed by atoms with Gasteiger partial charge in [0.1, 0.15) is 0 Å². The molecule has 3 rings (SSSR count). The van der Waals surface area contributed by atoms with Crippen molar-refractivity contribution in [1.29, 1.82) is 0 Å². The van der Waals surface area contributed by atoms with E-state index in [1.54, 1.807) is 0 Å². The number of anilines is 1. The summed E-state index contributed by atoms with van der Waals surface area (Å²) in [5, 5.41) is 3.55. The van der Waals surface area contributed by atoms with Crippen LogP contribution in [0.4, 0.5) is 5.69 Å². The van der Waals surface area contributed by atoms with Crippen molar-refractivity contribution in [3.05, 3.63) is 41.1 Å². The minimum absolute atomic E-state index is 0.0207. The summed E-state index contributed by atoms with van der Waals surface area (Å²) in [5.41, 5.74) is 9.97. The molecule has 2 bridgehead atoms. The Kier molecular flexibility index (Phi) is 3.68. The van der Waals surface area contributed by atoms with Gasteiger partial charge in [-0.05, 0) is 55.1 Å². The van der Waals surface area contributed by atoms with E-state index >= 15 is 0 Å². The number of carbonyl (C=O) groups excluding carboxylic acids is 1. The van der Waals surface area contributed by atoms with Crippen LogP contribution in [0.25, 0.3) is 0 Å². The first-order valence-electron chi connectivity index (χ1n) is 7.57. The average molecular weight is 315 g/mol. The van der Waals surface area contributed by atoms with Gasteiger partial charge in [-0.2, -0.15) is 0 Å². The second kappa shape index (κ2) is 5.39. The Labute approximate surface area is 136 Å². The first kappa shape index (κ1) is 15.0. The number of carbonyl (C=O) groups is 1. The first-order valence-corrected chi connectivity index (χ1v) is 7.98. The highest BCUT2D eigenvalue weighted by atomic mass is 32.1. The molecule has 4 nitrogen and oxygen atoms in total. The number of fused-ring (bicyclic) bond motifs is 2. The Bertz CT molecular complexity index is 661. The monoisotopic (exact) mass is 315 g/mol. The number of allylic oxidation sites excluding steroid dienone is 2. The molecule has 2 aliphatic rings. The largest absolute Gasteiger partial charge is 0.331 e. The van der Waals surface area contributed by atoms with Crippen LogP contribution in [0.2, 0.25) is 0 Å². The zero-order valence-electron chi connectivity index (χ0n) is 13.1. The lowest BCUT2D eigenvalue weighted by molar-refractivity contribution is -0.120. The molecule has 0 radical (unpaired) electrons. The van der Waals surface area contributed by atoms with Gasteiger partial charge in [0.2, 0.25) is 0 Å². The molecule has 0 heterocycles. The molecule has 5 heteroatoms. The zero-order chi connectivity index (χ0) is 15.9. The third-order valence-corrected chi connectivity index (χ3v) is 5.01. The number of nitrogens with one attached hydrogen (secondary N) is 3. The topological polar surface area (TPSA) is 53.2 Å². The fourth-order valence-electron chi connectivity index (χ4n) is 3.47. The summed E-state index contributed by atoms with van der Waals surface area (Å²) in [6.07, 6.45) is 1.96. The van der Waals surface area contributed by atoms with Gasteiger partial charge in [0.25, 0.3) is 0 Å². The first-order chi connectivity index (χ1) is 10.4. The molecule has 0 spiro atoms. The van der Waals surface area contributed by atoms with E-state index < -0.39 is 0 Å². The van der Waals surface area contributed by atoms with Crippen molar-refractivity contribution in [3.8, 4) is 0 Å². The van der Waals surface area contributed by atoms with Gasteiger partial charge >= 0.3 is 0 Å². The Morgan fingerprint density at radius 3 is 2.55 bits per heavy atom. The number of ketones is 1. The number of Topliss-reactive ketones (excluding diaryl/α,β-unsaturated/α-hetero) is 1. The van der Waals surface area contributed by atoms with Crippen molar-refractivity contribution in [2.75, 3.05) is 5.32 Å². The van der Waals surface area contributed by atoms with Crippen molar-refractivity contribution in [1.82, 2.24) is 10.9 Å². The molecule has 1 saturated carbocycles. The fraction of sp³-hybridized carbons (Fsp3) is 0.412. The summed E-state index contributed by atoms with van der Waals surface area (Å²) < 4.78 is 0. The standard InChI is InChI=1S/C17H21N3OS/c1-10-4-6-11(7-5-10)18-16(22)20-19-14-12-8-9-13(15(14)21)17(12,2)3/h4-7,13,19H,8-9H2,1-3H3,(H2,18,20,22). The van der Waals surface area contributed by atoms with Gasteiger partial charge in [0.15, 0.2) is 10.9 Å². The maximum Gasteiger partial charge on any atom is 0.189 e. The van der Waals surface area contributed by atoms with E-state index in [2.05, 4.69) is 30.0 Å². The maximum absolute atomic E-state index is 12.4. The van der Waals surface area contributed by atoms with E-state index in [4.69, 9.17) is 12.2 Å². The molecule has 1 aromatic rings. The van der Waals surface area contributed by atoms with Gasteiger partial charge in [-0.15, -0.1) is 0 Å². The molecule has 1 fully saturated rings. The summed E-state index contributed by atoms with van der Waals surface area (Å²) >= 11 is 5.27. The number of hydrazine groups is 1. The Morgan fingerprint density at radius 2 is 1.95 bits per heavy atom. The molecule has 0 aromatic heterocycles. The average Bonchev–Trinajstić information content (AvgIpc) is 2.85. The summed E-state index contributed by atoms with van der Waals surface area (Å²) in [6, 6.07) is 7.98. The number of benzene rings is 1. The number of aryl methyl sites for hydroxylation is 1. The highest BCUT2D eigenvalue weighted by Gasteiger charge is 2.51. The zero-order valence-corrected chi connectivity index (χ0v) is 13.9. The van der Waals surface area contributed by atoms with Crippen LogP contribution >= 0.6 is 12.2 Å². The van der Waals surface area contributed by atoms with Gasteiger partial charge in [0, 0.05) is 11.6 Å². The van der Waals surface area contributed by atoms with Gasteiger partial charge < -0.3 is 5.32 Å². The smallest absolute Gasteiger partial charge is 0.189 e. The van der Waals surface area contributed by atoms with Crippen molar-refractivity contribution >= 4 is 28.8 Å². The number of rotatable bonds is 3. The molecule has 0 aliphatic heterocycles. The number of thiocarbonyl (C=S) groups is 1. The Balaban J connectivity index is 1.62. The van der Waals surface area contributed by atoms with Crippen LogP contribution in [0.1, 0.15) is 32.3 Å². The van der Waals surface area contributed by atoms with Gasteiger partial charge in [-0.3, -0.25) is 15.6 Å². The van der Waals surface area contributed by atoms with E-state index in [1.807, 2.05) is 31.2 Å². The summed E-state index contributed by atoms with van der Waals surface area (Å²) in [7, 11) is 0. The van der Waals surface area contributed by atoms with E-state index in [0.717, 1.165) is 18.5 Å². The summed E-state index contributed by atoms with van der Waals surface area (Å²) in [4.78, 5) is 12.4. The second-order valence-electron chi connectivity index (χ2n) is 6.60. The van der Waals surface area contributed by atoms with E-state index in [0.29, 0.717) is 10.8 Å². The molecular formula is C17H21N3OS. The van der Waals surface area contributed by atoms with Crippen LogP contribution in [0, 0.1) is 18.3 Å². The lowest BCUT2D eigenvalue weighted by Crippen LogP contribution is -2.42. The van der Waals surface area contributed by atoms with Crippen LogP contribution in [0.3, 0.4) is 0 Å². The van der Waals surface area contributed by atoms with E-state index in [1.165, 1.54) is 11.1 Å². The van der Waals surface area contributed by atoms with Crippen LogP contribution in [0.5, 0.6) is 0 Å². The molecule has 22 heavy (non-hydrogen) atoms. The highest BCUT2D eigenvalue weighted by molar-refractivity contribution is 7.80. The molecule has 1 atom stereocenters. The third-order valence-electron chi connectivity index (χ3n) is 4.81. The molecule has 1 aromatic carbocycles. The lowest BCUT2D eigenvalue weighted by Gasteiger charge is -2.19. The fourth-order valence-corrected chi connectivity index (χ4v) is 3.64. The highest BCUT2D eigenvalue weighted by Crippen LogP contribution is 2.54. The normalized spacial score (nSPS) is 22.0. The van der Waals surface area contributed by atoms with Crippen LogP contribution < -0.4 is 16.2 Å². The SMILES string of the molecule is Cc1ccc(NC(=S)NNC2=C3CCC(C2=O)C3(C)C)cc1. The predicted octanol–water partition coefficient (Wildman–Crippen LogP) is 3.06. The molecule has 116 valence electrons. The van der Waals surface area contributed by atoms with Gasteiger partial charge in [-0.1, -0.05) is 31.5 Å². The van der Waals surface area contributed by atoms with E-state index in [-0.39, 0.29) is 17.1 Å². The third kappa shape index (κ3) is 2.50. The quantitative estimate of drug-likeness (QED) is 0.591. The number of hydrogen-bond donors (Lipinski definition) is 3. The molecule has 3 N–H and O–H groups in total. The Morgan fingerprint density at radius 1 is 1.27 bits per heavy atom. The van der Waals surface area contributed by atoms with Gasteiger partial charge in [0.05, 0.1) is 5.70 Å². The molecular weight excluding hydrogens is 294 g/mol. The summed E-state index contributed by atoms with van der Waals surface area (Å²) in [6.45, 7) is 6.34.